The topological polar surface area (TPSA) is 69.2 Å². The standard InChI is InChI=1S/C21H31F2N5O2.HI/c1-2-24-21(26-16-8-12-27(13-9-16)14-19(22)23)25-10-5-11-28-17-6-3-4-7-18(17)30-15-20(28)29;/h3-4,6-7,16,19H,2,5,8-15H2,1H3,(H2,24,25,26);1H. The number of ether oxygens (including phenoxy) is 1. The normalized spacial score (nSPS) is 17.7. The van der Waals surface area contributed by atoms with Gasteiger partial charge >= 0.3 is 0 Å². The number of halogens is 3. The number of hydrogen-bond donors (Lipinski definition) is 2. The van der Waals surface area contributed by atoms with Gasteiger partial charge in [0.15, 0.2) is 12.6 Å². The Bertz CT molecular complexity index is 729. The highest BCUT2D eigenvalue weighted by Gasteiger charge is 2.25. The largest absolute Gasteiger partial charge is 0.482 e. The first kappa shape index (κ1) is 25.6. The lowest BCUT2D eigenvalue weighted by Gasteiger charge is -2.32. The summed E-state index contributed by atoms with van der Waals surface area (Å²) in [5.41, 5.74) is 0.804. The molecular weight excluding hydrogens is 519 g/mol. The van der Waals surface area contributed by atoms with Crippen molar-refractivity contribution >= 4 is 41.5 Å². The minimum absolute atomic E-state index is 0. The van der Waals surface area contributed by atoms with E-state index in [4.69, 9.17) is 4.74 Å². The van der Waals surface area contributed by atoms with E-state index < -0.39 is 6.43 Å². The van der Waals surface area contributed by atoms with Gasteiger partial charge in [0.25, 0.3) is 12.3 Å². The van der Waals surface area contributed by atoms with E-state index in [1.54, 1.807) is 4.90 Å². The first-order valence-electron chi connectivity index (χ1n) is 10.6. The molecule has 1 aromatic rings. The number of benzene rings is 1. The van der Waals surface area contributed by atoms with Crippen LogP contribution < -0.4 is 20.3 Å². The third-order valence-corrected chi connectivity index (χ3v) is 5.29. The second-order valence-corrected chi connectivity index (χ2v) is 7.53. The van der Waals surface area contributed by atoms with Crippen molar-refractivity contribution in [2.24, 2.45) is 4.99 Å². The minimum Gasteiger partial charge on any atom is -0.482 e. The second kappa shape index (κ2) is 13.0. The lowest BCUT2D eigenvalue weighted by Crippen LogP contribution is -2.49. The van der Waals surface area contributed by atoms with Crippen molar-refractivity contribution in [1.29, 1.82) is 0 Å². The van der Waals surface area contributed by atoms with Gasteiger partial charge < -0.3 is 20.3 Å². The number of piperidine rings is 1. The van der Waals surface area contributed by atoms with Crippen molar-refractivity contribution in [3.05, 3.63) is 24.3 Å². The van der Waals surface area contributed by atoms with E-state index in [0.717, 1.165) is 43.2 Å². The fourth-order valence-electron chi connectivity index (χ4n) is 3.79. The van der Waals surface area contributed by atoms with Crippen molar-refractivity contribution in [2.45, 2.75) is 38.7 Å². The van der Waals surface area contributed by atoms with Gasteiger partial charge in [-0.2, -0.15) is 0 Å². The van der Waals surface area contributed by atoms with Gasteiger partial charge in [0.05, 0.1) is 12.2 Å². The number of fused-ring (bicyclic) bond motifs is 1. The lowest BCUT2D eigenvalue weighted by molar-refractivity contribution is -0.121. The average molecular weight is 551 g/mol. The molecule has 0 saturated carbocycles. The van der Waals surface area contributed by atoms with Crippen molar-refractivity contribution < 1.29 is 18.3 Å². The maximum absolute atomic E-state index is 12.5. The highest BCUT2D eigenvalue weighted by atomic mass is 127. The first-order chi connectivity index (χ1) is 14.6. The Morgan fingerprint density at radius 1 is 1.29 bits per heavy atom. The highest BCUT2D eigenvalue weighted by Crippen LogP contribution is 2.31. The van der Waals surface area contributed by atoms with Crippen molar-refractivity contribution in [3.63, 3.8) is 0 Å². The number of rotatable bonds is 8. The van der Waals surface area contributed by atoms with E-state index in [9.17, 15) is 13.6 Å². The minimum atomic E-state index is -2.28. The average Bonchev–Trinajstić information content (AvgIpc) is 2.73. The van der Waals surface area contributed by atoms with Crippen LogP contribution in [-0.2, 0) is 4.79 Å². The van der Waals surface area contributed by atoms with Gasteiger partial charge in [-0.1, -0.05) is 12.1 Å². The Morgan fingerprint density at radius 3 is 2.74 bits per heavy atom. The molecule has 174 valence electrons. The van der Waals surface area contributed by atoms with Crippen molar-refractivity contribution in [3.8, 4) is 5.75 Å². The Kier molecular flexibility index (Phi) is 10.7. The van der Waals surface area contributed by atoms with Crippen molar-refractivity contribution in [1.82, 2.24) is 15.5 Å². The molecule has 31 heavy (non-hydrogen) atoms. The van der Waals surface area contributed by atoms with E-state index in [1.165, 1.54) is 0 Å². The summed E-state index contributed by atoms with van der Waals surface area (Å²) in [5, 5.41) is 6.66. The number of nitrogens with zero attached hydrogens (tertiary/aromatic N) is 3. The SMILES string of the molecule is CCNC(=NCCCN1C(=O)COc2ccccc21)NC1CCN(CC(F)F)CC1.I. The number of aliphatic imine (C=N–C) groups is 1. The number of likely N-dealkylation sites (tertiary alicyclic amines) is 1. The first-order valence-corrected chi connectivity index (χ1v) is 10.6. The van der Waals surface area contributed by atoms with Gasteiger partial charge in [-0.3, -0.25) is 14.7 Å². The molecular formula is C21H32F2IN5O2. The van der Waals surface area contributed by atoms with Crippen LogP contribution in [0.1, 0.15) is 26.2 Å². The number of alkyl halides is 2. The number of hydrogen-bond acceptors (Lipinski definition) is 4. The molecule has 7 nitrogen and oxygen atoms in total. The molecule has 0 spiro atoms. The third kappa shape index (κ3) is 7.74. The van der Waals surface area contributed by atoms with Crippen LogP contribution in [0.25, 0.3) is 0 Å². The van der Waals surface area contributed by atoms with Crippen LogP contribution >= 0.6 is 24.0 Å². The molecule has 1 fully saturated rings. The molecule has 3 rings (SSSR count). The van der Waals surface area contributed by atoms with Crippen LogP contribution in [0.4, 0.5) is 14.5 Å². The fourth-order valence-corrected chi connectivity index (χ4v) is 3.79. The van der Waals surface area contributed by atoms with Gasteiger partial charge in [-0.15, -0.1) is 24.0 Å². The maximum Gasteiger partial charge on any atom is 0.265 e. The molecule has 0 atom stereocenters. The maximum atomic E-state index is 12.5. The second-order valence-electron chi connectivity index (χ2n) is 7.53. The zero-order valence-electron chi connectivity index (χ0n) is 17.9. The Morgan fingerprint density at radius 2 is 2.03 bits per heavy atom. The number of nitrogens with one attached hydrogen (secondary N) is 2. The van der Waals surface area contributed by atoms with Crippen LogP contribution in [0.5, 0.6) is 5.75 Å². The molecule has 0 aromatic heterocycles. The van der Waals surface area contributed by atoms with Crippen LogP contribution in [0, 0.1) is 0 Å². The molecule has 0 aliphatic carbocycles. The summed E-state index contributed by atoms with van der Waals surface area (Å²) in [4.78, 5) is 20.4. The summed E-state index contributed by atoms with van der Waals surface area (Å²) in [7, 11) is 0. The molecule has 0 bridgehead atoms. The molecule has 10 heteroatoms. The summed E-state index contributed by atoms with van der Waals surface area (Å²) in [5.74, 6) is 1.42. The van der Waals surface area contributed by atoms with Crippen LogP contribution in [-0.4, -0.2) is 75.1 Å². The van der Waals surface area contributed by atoms with E-state index in [2.05, 4.69) is 15.6 Å². The predicted octanol–water partition coefficient (Wildman–Crippen LogP) is 2.70. The summed E-state index contributed by atoms with van der Waals surface area (Å²) in [6.07, 6.45) is 0.0780. The molecule has 1 saturated heterocycles. The molecule has 2 N–H and O–H groups in total. The van der Waals surface area contributed by atoms with Crippen molar-refractivity contribution in [2.75, 3.05) is 50.8 Å². The van der Waals surface area contributed by atoms with E-state index in [-0.39, 0.29) is 49.1 Å². The summed E-state index contributed by atoms with van der Waals surface area (Å²) < 4.78 is 30.5. The number of carbonyl (C=O) groups excluding carboxylic acids is 1. The quantitative estimate of drug-likeness (QED) is 0.225. The van der Waals surface area contributed by atoms with E-state index in [0.29, 0.717) is 26.2 Å². The number of anilines is 1. The van der Waals surface area contributed by atoms with Crippen LogP contribution in [0.3, 0.4) is 0 Å². The Labute approximate surface area is 199 Å². The van der Waals surface area contributed by atoms with Gasteiger partial charge in [0.1, 0.15) is 5.75 Å². The highest BCUT2D eigenvalue weighted by molar-refractivity contribution is 14.0. The molecule has 2 aliphatic heterocycles. The van der Waals surface area contributed by atoms with Gasteiger partial charge in [0, 0.05) is 38.8 Å². The summed E-state index contributed by atoms with van der Waals surface area (Å²) >= 11 is 0. The number of guanidine groups is 1. The monoisotopic (exact) mass is 551 g/mol. The zero-order valence-corrected chi connectivity index (χ0v) is 20.2. The third-order valence-electron chi connectivity index (χ3n) is 5.29. The molecule has 0 radical (unpaired) electrons. The molecule has 1 amide bonds. The summed E-state index contributed by atoms with van der Waals surface area (Å²) in [6.45, 7) is 5.15. The molecule has 0 unspecified atom stereocenters. The smallest absolute Gasteiger partial charge is 0.265 e. The Balaban J connectivity index is 0.00000341. The molecule has 1 aromatic carbocycles. The molecule has 2 aliphatic rings. The van der Waals surface area contributed by atoms with Gasteiger partial charge in [-0.25, -0.2) is 8.78 Å². The van der Waals surface area contributed by atoms with Crippen LogP contribution in [0.2, 0.25) is 0 Å². The number of carbonyl (C=O) groups is 1. The zero-order chi connectivity index (χ0) is 21.3. The lowest BCUT2D eigenvalue weighted by atomic mass is 10.1. The van der Waals surface area contributed by atoms with E-state index >= 15 is 0 Å². The van der Waals surface area contributed by atoms with Gasteiger partial charge in [0.2, 0.25) is 0 Å². The predicted molar refractivity (Wildman–Crippen MR) is 129 cm³/mol. The fraction of sp³-hybridized carbons (Fsp3) is 0.619. The van der Waals surface area contributed by atoms with E-state index in [1.807, 2.05) is 36.1 Å². The number of amides is 1. The van der Waals surface area contributed by atoms with Crippen LogP contribution in [0.15, 0.2) is 29.3 Å². The summed E-state index contributed by atoms with van der Waals surface area (Å²) in [6, 6.07) is 7.77. The van der Waals surface area contributed by atoms with Gasteiger partial charge in [-0.05, 0) is 38.3 Å². The Hall–Kier alpha value is -1.69. The molecule has 2 heterocycles. The number of para-hydroxylation sites is 2.